The van der Waals surface area contributed by atoms with Crippen LogP contribution < -0.4 is 20.5 Å². The normalized spacial score (nSPS) is 10.5. The number of nitrogens with one attached hydrogen (secondary N) is 1. The second kappa shape index (κ2) is 8.89. The summed E-state index contributed by atoms with van der Waals surface area (Å²) in [6, 6.07) is 11.3. The highest BCUT2D eigenvalue weighted by molar-refractivity contribution is 14.1. The Bertz CT molecular complexity index is 719. The van der Waals surface area contributed by atoms with Crippen LogP contribution in [0.15, 0.2) is 36.4 Å². The molecule has 0 saturated heterocycles. The number of benzene rings is 2. The molecule has 6 heteroatoms. The molecule has 2 aromatic rings. The van der Waals surface area contributed by atoms with E-state index in [2.05, 4.69) is 27.9 Å². The molecule has 0 spiro atoms. The summed E-state index contributed by atoms with van der Waals surface area (Å²) in [5.41, 5.74) is 7.92. The second-order valence-electron chi connectivity index (χ2n) is 5.25. The third-order valence-electron chi connectivity index (χ3n) is 3.72. The van der Waals surface area contributed by atoms with Gasteiger partial charge in [-0.05, 0) is 64.9 Å². The van der Waals surface area contributed by atoms with Crippen LogP contribution in [0.25, 0.3) is 0 Å². The number of rotatable bonds is 8. The van der Waals surface area contributed by atoms with Crippen LogP contribution in [0.4, 0.5) is 0 Å². The van der Waals surface area contributed by atoms with Gasteiger partial charge in [0.05, 0.1) is 17.8 Å². The van der Waals surface area contributed by atoms with Crippen molar-refractivity contribution in [2.45, 2.75) is 13.0 Å². The molecule has 0 atom stereocenters. The van der Waals surface area contributed by atoms with Gasteiger partial charge >= 0.3 is 0 Å². The van der Waals surface area contributed by atoms with Crippen molar-refractivity contribution in [2.24, 2.45) is 5.73 Å². The van der Waals surface area contributed by atoms with Gasteiger partial charge in [0.25, 0.3) is 0 Å². The molecule has 0 fully saturated rings. The zero-order chi connectivity index (χ0) is 17.5. The van der Waals surface area contributed by atoms with Gasteiger partial charge in [-0.1, -0.05) is 18.2 Å². The maximum absolute atomic E-state index is 11.4. The van der Waals surface area contributed by atoms with E-state index < -0.39 is 5.91 Å². The number of carbonyl (C=O) groups excluding carboxylic acids is 1. The molecule has 0 aliphatic heterocycles. The van der Waals surface area contributed by atoms with E-state index in [9.17, 15) is 4.79 Å². The molecule has 0 radical (unpaired) electrons. The Kier molecular flexibility index (Phi) is 6.86. The lowest BCUT2D eigenvalue weighted by Crippen LogP contribution is -2.21. The third kappa shape index (κ3) is 4.61. The molecule has 0 heterocycles. The van der Waals surface area contributed by atoms with Gasteiger partial charge in [-0.15, -0.1) is 0 Å². The van der Waals surface area contributed by atoms with E-state index in [1.54, 1.807) is 20.3 Å². The van der Waals surface area contributed by atoms with Crippen molar-refractivity contribution in [1.29, 1.82) is 0 Å². The Morgan fingerprint density at radius 3 is 2.50 bits per heavy atom. The average Bonchev–Trinajstić information content (AvgIpc) is 2.59. The molecule has 5 nitrogen and oxygen atoms in total. The van der Waals surface area contributed by atoms with Gasteiger partial charge in [-0.25, -0.2) is 0 Å². The Morgan fingerprint density at radius 2 is 1.83 bits per heavy atom. The van der Waals surface area contributed by atoms with Crippen molar-refractivity contribution in [3.63, 3.8) is 0 Å². The lowest BCUT2D eigenvalue weighted by atomic mass is 10.1. The first kappa shape index (κ1) is 18.5. The van der Waals surface area contributed by atoms with E-state index in [0.29, 0.717) is 12.1 Å². The number of carbonyl (C=O) groups is 1. The summed E-state index contributed by atoms with van der Waals surface area (Å²) in [4.78, 5) is 11.4. The average molecular weight is 440 g/mol. The summed E-state index contributed by atoms with van der Waals surface area (Å²) in [7, 11) is 3.32. The number of hydrogen-bond donors (Lipinski definition) is 2. The molecule has 2 rings (SSSR count). The van der Waals surface area contributed by atoms with Crippen molar-refractivity contribution in [1.82, 2.24) is 5.32 Å². The highest BCUT2D eigenvalue weighted by atomic mass is 127. The number of methoxy groups -OCH3 is 2. The van der Waals surface area contributed by atoms with E-state index in [-0.39, 0.29) is 0 Å². The molecular weight excluding hydrogens is 419 g/mol. The van der Waals surface area contributed by atoms with Crippen LogP contribution >= 0.6 is 22.6 Å². The van der Waals surface area contributed by atoms with Crippen molar-refractivity contribution in [2.75, 3.05) is 20.8 Å². The summed E-state index contributed by atoms with van der Waals surface area (Å²) in [6.45, 7) is 1.33. The van der Waals surface area contributed by atoms with E-state index in [1.807, 2.05) is 30.3 Å². The summed E-state index contributed by atoms with van der Waals surface area (Å²) < 4.78 is 11.8. The fourth-order valence-electron chi connectivity index (χ4n) is 2.48. The number of primary amides is 1. The highest BCUT2D eigenvalue weighted by Gasteiger charge is 2.10. The molecule has 24 heavy (non-hydrogen) atoms. The maximum atomic E-state index is 11.4. The van der Waals surface area contributed by atoms with Crippen LogP contribution in [0.5, 0.6) is 11.5 Å². The highest BCUT2D eigenvalue weighted by Crippen LogP contribution is 2.30. The Morgan fingerprint density at radius 1 is 1.12 bits per heavy atom. The minimum absolute atomic E-state index is 0.406. The summed E-state index contributed by atoms with van der Waals surface area (Å²) in [5.74, 6) is 1.28. The standard InChI is InChI=1S/C18H21IN2O3/c1-23-16-10-15(19)17(24-2)9-12(16)7-8-21-11-13-5-3-4-6-14(13)18(20)22/h3-6,9-10,21H,7-8,11H2,1-2H3,(H2,20,22). The van der Waals surface area contributed by atoms with Gasteiger partial charge in [0.2, 0.25) is 5.91 Å². The summed E-state index contributed by atoms with van der Waals surface area (Å²) in [5, 5.41) is 3.34. The molecule has 0 aliphatic carbocycles. The van der Waals surface area contributed by atoms with E-state index in [1.165, 1.54) is 0 Å². The topological polar surface area (TPSA) is 73.6 Å². The SMILES string of the molecule is COc1cc(CCNCc2ccccc2C(N)=O)c(OC)cc1I. The quantitative estimate of drug-likeness (QED) is 0.489. The first-order valence-electron chi connectivity index (χ1n) is 7.55. The van der Waals surface area contributed by atoms with E-state index in [4.69, 9.17) is 15.2 Å². The van der Waals surface area contributed by atoms with Crippen LogP contribution in [0.2, 0.25) is 0 Å². The lowest BCUT2D eigenvalue weighted by molar-refractivity contribution is 0.0999. The van der Waals surface area contributed by atoms with Gasteiger partial charge in [-0.2, -0.15) is 0 Å². The molecule has 128 valence electrons. The van der Waals surface area contributed by atoms with Crippen LogP contribution in [0.1, 0.15) is 21.5 Å². The van der Waals surface area contributed by atoms with Crippen LogP contribution in [0, 0.1) is 3.57 Å². The summed E-state index contributed by atoms with van der Waals surface area (Å²) >= 11 is 2.22. The zero-order valence-electron chi connectivity index (χ0n) is 13.8. The Balaban J connectivity index is 1.99. The molecule has 0 aliphatic rings. The number of nitrogens with two attached hydrogens (primary N) is 1. The van der Waals surface area contributed by atoms with Gasteiger partial charge in [0, 0.05) is 12.1 Å². The Labute approximate surface area is 155 Å². The molecule has 0 aromatic heterocycles. The van der Waals surface area contributed by atoms with Crippen molar-refractivity contribution < 1.29 is 14.3 Å². The minimum Gasteiger partial charge on any atom is -0.496 e. The zero-order valence-corrected chi connectivity index (χ0v) is 15.9. The summed E-state index contributed by atoms with van der Waals surface area (Å²) in [6.07, 6.45) is 0.787. The van der Waals surface area contributed by atoms with Crippen LogP contribution in [-0.4, -0.2) is 26.7 Å². The number of ether oxygens (including phenoxy) is 2. The Hall–Kier alpha value is -1.80. The largest absolute Gasteiger partial charge is 0.496 e. The van der Waals surface area contributed by atoms with E-state index in [0.717, 1.165) is 39.2 Å². The van der Waals surface area contributed by atoms with Gasteiger partial charge in [0.1, 0.15) is 11.5 Å². The lowest BCUT2D eigenvalue weighted by Gasteiger charge is -2.13. The van der Waals surface area contributed by atoms with Crippen LogP contribution in [0.3, 0.4) is 0 Å². The predicted molar refractivity (Wildman–Crippen MR) is 103 cm³/mol. The van der Waals surface area contributed by atoms with Crippen molar-refractivity contribution in [3.8, 4) is 11.5 Å². The maximum Gasteiger partial charge on any atom is 0.249 e. The van der Waals surface area contributed by atoms with Gasteiger partial charge < -0.3 is 20.5 Å². The first-order chi connectivity index (χ1) is 11.6. The second-order valence-corrected chi connectivity index (χ2v) is 6.41. The number of amides is 1. The third-order valence-corrected chi connectivity index (χ3v) is 4.57. The molecule has 2 aromatic carbocycles. The fourth-order valence-corrected chi connectivity index (χ4v) is 3.14. The smallest absolute Gasteiger partial charge is 0.249 e. The van der Waals surface area contributed by atoms with Gasteiger partial charge in [-0.3, -0.25) is 4.79 Å². The molecule has 0 bridgehead atoms. The first-order valence-corrected chi connectivity index (χ1v) is 8.63. The molecule has 0 saturated carbocycles. The van der Waals surface area contributed by atoms with Crippen molar-refractivity contribution in [3.05, 3.63) is 56.7 Å². The minimum atomic E-state index is -0.406. The molecular formula is C18H21IN2O3. The van der Waals surface area contributed by atoms with Crippen LogP contribution in [-0.2, 0) is 13.0 Å². The van der Waals surface area contributed by atoms with Crippen molar-refractivity contribution >= 4 is 28.5 Å². The number of hydrogen-bond acceptors (Lipinski definition) is 4. The molecule has 3 N–H and O–H groups in total. The fraction of sp³-hybridized carbons (Fsp3) is 0.278. The molecule has 1 amide bonds. The monoisotopic (exact) mass is 440 g/mol. The molecule has 0 unspecified atom stereocenters. The van der Waals surface area contributed by atoms with Gasteiger partial charge in [0.15, 0.2) is 0 Å². The predicted octanol–water partition coefficient (Wildman–Crippen LogP) is 2.74. The van der Waals surface area contributed by atoms with E-state index >= 15 is 0 Å². The number of halogens is 1.